The summed E-state index contributed by atoms with van der Waals surface area (Å²) in [5.74, 6) is 0.946. The number of piperidine rings is 1. The van der Waals surface area contributed by atoms with Crippen molar-refractivity contribution in [3.05, 3.63) is 18.2 Å². The van der Waals surface area contributed by atoms with E-state index in [1.54, 1.807) is 11.1 Å². The van der Waals surface area contributed by atoms with Gasteiger partial charge < -0.3 is 15.2 Å². The second-order valence-electron chi connectivity index (χ2n) is 3.96. The zero-order valence-corrected chi connectivity index (χ0v) is 8.89. The molecule has 0 aliphatic carbocycles. The highest BCUT2D eigenvalue weighted by atomic mass is 16.2. The van der Waals surface area contributed by atoms with Crippen molar-refractivity contribution in [2.75, 3.05) is 6.54 Å². The van der Waals surface area contributed by atoms with E-state index in [4.69, 9.17) is 5.73 Å². The molecule has 1 saturated heterocycles. The molecule has 0 saturated carbocycles. The maximum atomic E-state index is 11.7. The third-order valence-electron chi connectivity index (χ3n) is 2.83. The van der Waals surface area contributed by atoms with E-state index in [0.717, 1.165) is 25.2 Å². The minimum absolute atomic E-state index is 0.0456. The van der Waals surface area contributed by atoms with Crippen LogP contribution in [0, 0.1) is 0 Å². The fourth-order valence-corrected chi connectivity index (χ4v) is 1.85. The lowest BCUT2D eigenvalue weighted by Gasteiger charge is -2.30. The van der Waals surface area contributed by atoms with Gasteiger partial charge in [-0.05, 0) is 12.8 Å². The van der Waals surface area contributed by atoms with Crippen LogP contribution in [0.15, 0.2) is 12.4 Å². The molecule has 0 aromatic carbocycles. The molecular weight excluding hydrogens is 192 g/mol. The Morgan fingerprint density at radius 3 is 3.13 bits per heavy atom. The van der Waals surface area contributed by atoms with Gasteiger partial charge in [-0.2, -0.15) is 0 Å². The Balaban J connectivity index is 2.05. The fourth-order valence-electron chi connectivity index (χ4n) is 1.85. The number of imidazole rings is 1. The maximum Gasteiger partial charge on any atom is 0.239 e. The topological polar surface area (TPSA) is 64.2 Å². The summed E-state index contributed by atoms with van der Waals surface area (Å²) in [4.78, 5) is 17.7. The van der Waals surface area contributed by atoms with Crippen LogP contribution in [-0.4, -0.2) is 32.9 Å². The summed E-state index contributed by atoms with van der Waals surface area (Å²) in [6, 6.07) is -0.320. The van der Waals surface area contributed by atoms with Crippen molar-refractivity contribution in [2.24, 2.45) is 12.8 Å². The van der Waals surface area contributed by atoms with Gasteiger partial charge in [0.15, 0.2) is 0 Å². The number of rotatable bonds is 2. The third kappa shape index (κ3) is 2.02. The maximum absolute atomic E-state index is 11.7. The molecular formula is C10H16N4O. The fraction of sp³-hybridized carbons (Fsp3) is 0.600. The van der Waals surface area contributed by atoms with Crippen LogP contribution in [0.25, 0.3) is 0 Å². The number of aryl methyl sites for hydroxylation is 1. The van der Waals surface area contributed by atoms with Crippen LogP contribution in [0.4, 0.5) is 0 Å². The molecule has 1 fully saturated rings. The van der Waals surface area contributed by atoms with Crippen LogP contribution >= 0.6 is 0 Å². The van der Waals surface area contributed by atoms with Crippen LogP contribution in [0.1, 0.15) is 18.7 Å². The first-order valence-electron chi connectivity index (χ1n) is 5.19. The van der Waals surface area contributed by atoms with E-state index in [1.807, 2.05) is 17.8 Å². The molecule has 5 nitrogen and oxygen atoms in total. The van der Waals surface area contributed by atoms with Gasteiger partial charge in [0.25, 0.3) is 0 Å². The van der Waals surface area contributed by atoms with Gasteiger partial charge in [-0.15, -0.1) is 0 Å². The predicted octanol–water partition coefficient (Wildman–Crippen LogP) is -0.130. The highest BCUT2D eigenvalue weighted by Gasteiger charge is 2.26. The summed E-state index contributed by atoms with van der Waals surface area (Å²) >= 11 is 0. The number of aromatic nitrogens is 2. The SMILES string of the molecule is Cn1ccnc1CN1CCCC(N)C1=O. The molecule has 1 aliphatic rings. The lowest BCUT2D eigenvalue weighted by molar-refractivity contribution is -0.135. The summed E-state index contributed by atoms with van der Waals surface area (Å²) in [5, 5.41) is 0. The summed E-state index contributed by atoms with van der Waals surface area (Å²) in [7, 11) is 1.93. The lowest BCUT2D eigenvalue weighted by atomic mass is 10.1. The summed E-state index contributed by atoms with van der Waals surface area (Å²) in [6.45, 7) is 1.36. The summed E-state index contributed by atoms with van der Waals surface area (Å²) < 4.78 is 1.92. The van der Waals surface area contributed by atoms with E-state index >= 15 is 0 Å². The van der Waals surface area contributed by atoms with Gasteiger partial charge in [0.05, 0.1) is 12.6 Å². The van der Waals surface area contributed by atoms with E-state index in [-0.39, 0.29) is 11.9 Å². The molecule has 0 radical (unpaired) electrons. The summed E-state index contributed by atoms with van der Waals surface area (Å²) in [5.41, 5.74) is 5.72. The first kappa shape index (κ1) is 10.2. The van der Waals surface area contributed by atoms with Gasteiger partial charge in [0.1, 0.15) is 5.82 Å². The minimum atomic E-state index is -0.320. The van der Waals surface area contributed by atoms with Crippen LogP contribution in [0.2, 0.25) is 0 Å². The van der Waals surface area contributed by atoms with E-state index in [0.29, 0.717) is 6.54 Å². The predicted molar refractivity (Wildman–Crippen MR) is 55.8 cm³/mol. The molecule has 1 aliphatic heterocycles. The average molecular weight is 208 g/mol. The average Bonchev–Trinajstić information content (AvgIpc) is 2.60. The Kier molecular flexibility index (Phi) is 2.73. The number of carbonyl (C=O) groups excluding carboxylic acids is 1. The first-order chi connectivity index (χ1) is 7.18. The van der Waals surface area contributed by atoms with Gasteiger partial charge in [-0.1, -0.05) is 0 Å². The highest BCUT2D eigenvalue weighted by Crippen LogP contribution is 2.12. The van der Waals surface area contributed by atoms with Crippen molar-refractivity contribution in [1.29, 1.82) is 0 Å². The molecule has 2 rings (SSSR count). The number of likely N-dealkylation sites (tertiary alicyclic amines) is 1. The Morgan fingerprint density at radius 2 is 2.47 bits per heavy atom. The molecule has 1 unspecified atom stereocenters. The quantitative estimate of drug-likeness (QED) is 0.736. The van der Waals surface area contributed by atoms with Crippen molar-refractivity contribution in [3.63, 3.8) is 0 Å². The van der Waals surface area contributed by atoms with Crippen molar-refractivity contribution in [2.45, 2.75) is 25.4 Å². The van der Waals surface area contributed by atoms with Crippen LogP contribution < -0.4 is 5.73 Å². The lowest BCUT2D eigenvalue weighted by Crippen LogP contribution is -2.48. The number of nitrogens with zero attached hydrogens (tertiary/aromatic N) is 3. The second-order valence-corrected chi connectivity index (χ2v) is 3.96. The molecule has 1 amide bonds. The Hall–Kier alpha value is -1.36. The highest BCUT2D eigenvalue weighted by molar-refractivity contribution is 5.82. The number of hydrogen-bond acceptors (Lipinski definition) is 3. The molecule has 2 N–H and O–H groups in total. The van der Waals surface area contributed by atoms with E-state index < -0.39 is 0 Å². The number of hydrogen-bond donors (Lipinski definition) is 1. The van der Waals surface area contributed by atoms with Crippen LogP contribution in [-0.2, 0) is 18.4 Å². The first-order valence-corrected chi connectivity index (χ1v) is 5.19. The van der Waals surface area contributed by atoms with E-state index in [9.17, 15) is 4.79 Å². The number of carbonyl (C=O) groups is 1. The minimum Gasteiger partial charge on any atom is -0.337 e. The molecule has 0 bridgehead atoms. The summed E-state index contributed by atoms with van der Waals surface area (Å²) in [6.07, 6.45) is 5.40. The zero-order chi connectivity index (χ0) is 10.8. The molecule has 2 heterocycles. The van der Waals surface area contributed by atoms with E-state index in [1.165, 1.54) is 0 Å². The zero-order valence-electron chi connectivity index (χ0n) is 8.89. The van der Waals surface area contributed by atoms with Gasteiger partial charge in [0, 0.05) is 26.0 Å². The largest absolute Gasteiger partial charge is 0.337 e. The number of amides is 1. The van der Waals surface area contributed by atoms with Gasteiger partial charge >= 0.3 is 0 Å². The Morgan fingerprint density at radius 1 is 1.67 bits per heavy atom. The Bertz CT molecular complexity index is 360. The number of nitrogens with two attached hydrogens (primary N) is 1. The molecule has 15 heavy (non-hydrogen) atoms. The van der Waals surface area contributed by atoms with Gasteiger partial charge in [-0.25, -0.2) is 4.98 Å². The second kappa shape index (κ2) is 4.02. The Labute approximate surface area is 88.9 Å². The molecule has 82 valence electrons. The normalized spacial score (nSPS) is 22.1. The van der Waals surface area contributed by atoms with Crippen molar-refractivity contribution < 1.29 is 4.79 Å². The van der Waals surface area contributed by atoms with Crippen molar-refractivity contribution in [1.82, 2.24) is 14.5 Å². The van der Waals surface area contributed by atoms with E-state index in [2.05, 4.69) is 4.98 Å². The van der Waals surface area contributed by atoms with Crippen LogP contribution in [0.3, 0.4) is 0 Å². The van der Waals surface area contributed by atoms with Crippen molar-refractivity contribution >= 4 is 5.91 Å². The standard InChI is InChI=1S/C10H16N4O/c1-13-6-4-12-9(13)7-14-5-2-3-8(11)10(14)15/h4,6,8H,2-3,5,7,11H2,1H3. The molecule has 1 atom stereocenters. The molecule has 1 aromatic rings. The van der Waals surface area contributed by atoms with Gasteiger partial charge in [0.2, 0.25) is 5.91 Å². The molecule has 5 heteroatoms. The smallest absolute Gasteiger partial charge is 0.239 e. The van der Waals surface area contributed by atoms with Crippen LogP contribution in [0.5, 0.6) is 0 Å². The monoisotopic (exact) mass is 208 g/mol. The molecule has 0 spiro atoms. The van der Waals surface area contributed by atoms with Gasteiger partial charge in [-0.3, -0.25) is 4.79 Å². The van der Waals surface area contributed by atoms with Crippen molar-refractivity contribution in [3.8, 4) is 0 Å². The third-order valence-corrected chi connectivity index (χ3v) is 2.83. The molecule has 1 aromatic heterocycles.